The summed E-state index contributed by atoms with van der Waals surface area (Å²) in [4.78, 5) is 7.66. The van der Waals surface area contributed by atoms with Gasteiger partial charge < -0.3 is 5.73 Å². The van der Waals surface area contributed by atoms with Crippen molar-refractivity contribution in [2.45, 2.75) is 0 Å². The monoisotopic (exact) mass is 221 g/mol. The lowest BCUT2D eigenvalue weighted by Gasteiger charge is -1.87. The SMILES string of the molecule is Nc1ccnc(I)n1. The maximum atomic E-state index is 5.30. The number of hydrogen-bond acceptors (Lipinski definition) is 3. The highest BCUT2D eigenvalue weighted by Gasteiger charge is 1.85. The fraction of sp³-hybridized carbons (Fsp3) is 0. The van der Waals surface area contributed by atoms with E-state index < -0.39 is 0 Å². The molecule has 0 aliphatic carbocycles. The summed E-state index contributed by atoms with van der Waals surface area (Å²) < 4.78 is 0.683. The van der Waals surface area contributed by atoms with Gasteiger partial charge in [0.15, 0.2) is 3.83 Å². The van der Waals surface area contributed by atoms with Crippen LogP contribution >= 0.6 is 22.6 Å². The van der Waals surface area contributed by atoms with E-state index in [2.05, 4.69) is 9.97 Å². The summed E-state index contributed by atoms with van der Waals surface area (Å²) in [6.07, 6.45) is 1.63. The molecule has 0 atom stereocenters. The van der Waals surface area contributed by atoms with Crippen molar-refractivity contribution in [3.8, 4) is 0 Å². The van der Waals surface area contributed by atoms with E-state index in [-0.39, 0.29) is 0 Å². The van der Waals surface area contributed by atoms with E-state index in [1.165, 1.54) is 0 Å². The first kappa shape index (κ1) is 5.74. The van der Waals surface area contributed by atoms with Gasteiger partial charge in [0, 0.05) is 28.8 Å². The van der Waals surface area contributed by atoms with Gasteiger partial charge in [-0.2, -0.15) is 0 Å². The number of hydrogen-bond donors (Lipinski definition) is 1. The lowest BCUT2D eigenvalue weighted by molar-refractivity contribution is 1.11. The summed E-state index contributed by atoms with van der Waals surface area (Å²) in [6.45, 7) is 0. The maximum Gasteiger partial charge on any atom is 0.192 e. The number of aromatic nitrogens is 2. The Bertz CT molecular complexity index is 171. The van der Waals surface area contributed by atoms with Crippen LogP contribution in [-0.2, 0) is 0 Å². The lowest BCUT2D eigenvalue weighted by atomic mass is 10.6. The minimum Gasteiger partial charge on any atom is -0.384 e. The van der Waals surface area contributed by atoms with Crippen LogP contribution < -0.4 is 5.73 Å². The predicted octanol–water partition coefficient (Wildman–Crippen LogP) is 0.663. The molecule has 0 fully saturated rings. The Labute approximate surface area is 60.5 Å². The summed E-state index contributed by atoms with van der Waals surface area (Å²) >= 11 is 2.00. The van der Waals surface area contributed by atoms with Gasteiger partial charge in [0.2, 0.25) is 0 Å². The molecular weight excluding hydrogens is 217 g/mol. The molecule has 0 aliphatic rings. The Kier molecular flexibility index (Phi) is 1.62. The van der Waals surface area contributed by atoms with E-state index in [0.29, 0.717) is 9.65 Å². The smallest absolute Gasteiger partial charge is 0.192 e. The molecule has 0 aromatic carbocycles. The molecule has 8 heavy (non-hydrogen) atoms. The number of halogens is 1. The van der Waals surface area contributed by atoms with Crippen LogP contribution in [0.5, 0.6) is 0 Å². The summed E-state index contributed by atoms with van der Waals surface area (Å²) in [5.41, 5.74) is 5.30. The average molecular weight is 221 g/mol. The number of nitrogens with zero attached hydrogens (tertiary/aromatic N) is 2. The van der Waals surface area contributed by atoms with E-state index >= 15 is 0 Å². The molecule has 0 bridgehead atoms. The minimum absolute atomic E-state index is 0.518. The van der Waals surface area contributed by atoms with Gasteiger partial charge >= 0.3 is 0 Å². The number of nitrogen functional groups attached to an aromatic ring is 1. The summed E-state index contributed by atoms with van der Waals surface area (Å²) in [5, 5.41) is 0. The summed E-state index contributed by atoms with van der Waals surface area (Å²) in [7, 11) is 0. The zero-order chi connectivity index (χ0) is 5.98. The molecule has 0 aliphatic heterocycles. The van der Waals surface area contributed by atoms with E-state index in [9.17, 15) is 0 Å². The Morgan fingerprint density at radius 1 is 1.62 bits per heavy atom. The van der Waals surface area contributed by atoms with E-state index in [1.54, 1.807) is 12.3 Å². The first-order valence-electron chi connectivity index (χ1n) is 2.03. The van der Waals surface area contributed by atoms with Crippen molar-refractivity contribution in [1.82, 2.24) is 9.97 Å². The zero-order valence-electron chi connectivity index (χ0n) is 4.00. The quantitative estimate of drug-likeness (QED) is 0.517. The van der Waals surface area contributed by atoms with Crippen molar-refractivity contribution in [2.75, 3.05) is 5.73 Å². The van der Waals surface area contributed by atoms with Crippen molar-refractivity contribution >= 4 is 28.4 Å². The largest absolute Gasteiger partial charge is 0.384 e. The summed E-state index contributed by atoms with van der Waals surface area (Å²) in [6, 6.07) is 1.65. The molecule has 1 aromatic heterocycles. The molecular formula is C4H4IN3. The van der Waals surface area contributed by atoms with Gasteiger partial charge in [0.05, 0.1) is 0 Å². The number of nitrogens with two attached hydrogens (primary N) is 1. The second-order valence-corrected chi connectivity index (χ2v) is 2.22. The zero-order valence-corrected chi connectivity index (χ0v) is 6.16. The topological polar surface area (TPSA) is 51.8 Å². The molecule has 1 heterocycles. The fourth-order valence-electron chi connectivity index (χ4n) is 0.348. The van der Waals surface area contributed by atoms with Crippen molar-refractivity contribution in [3.63, 3.8) is 0 Å². The second-order valence-electron chi connectivity index (χ2n) is 1.25. The van der Waals surface area contributed by atoms with Gasteiger partial charge in [-0.15, -0.1) is 0 Å². The highest BCUT2D eigenvalue weighted by atomic mass is 127. The first-order chi connectivity index (χ1) is 3.79. The number of anilines is 1. The molecule has 3 nitrogen and oxygen atoms in total. The van der Waals surface area contributed by atoms with Gasteiger partial charge in [0.25, 0.3) is 0 Å². The number of rotatable bonds is 0. The molecule has 0 saturated carbocycles. The molecule has 0 saturated heterocycles. The molecule has 0 unspecified atom stereocenters. The third kappa shape index (κ3) is 1.29. The van der Waals surface area contributed by atoms with Crippen molar-refractivity contribution in [3.05, 3.63) is 16.1 Å². The highest BCUT2D eigenvalue weighted by molar-refractivity contribution is 14.1. The van der Waals surface area contributed by atoms with Gasteiger partial charge in [-0.1, -0.05) is 0 Å². The molecule has 1 aromatic rings. The summed E-state index contributed by atoms with van der Waals surface area (Å²) in [5.74, 6) is 0.518. The van der Waals surface area contributed by atoms with Gasteiger partial charge in [-0.25, -0.2) is 9.97 Å². The minimum atomic E-state index is 0.518. The van der Waals surface area contributed by atoms with Crippen LogP contribution in [0.2, 0.25) is 0 Å². The molecule has 0 spiro atoms. The Balaban J connectivity index is 3.08. The van der Waals surface area contributed by atoms with Gasteiger partial charge in [0.1, 0.15) is 5.82 Å². The Morgan fingerprint density at radius 3 is 2.75 bits per heavy atom. The van der Waals surface area contributed by atoms with Crippen LogP contribution in [0.15, 0.2) is 12.3 Å². The van der Waals surface area contributed by atoms with E-state index in [0.717, 1.165) is 0 Å². The third-order valence-corrected chi connectivity index (χ3v) is 1.17. The predicted molar refractivity (Wildman–Crippen MR) is 39.2 cm³/mol. The van der Waals surface area contributed by atoms with Crippen LogP contribution in [-0.4, -0.2) is 9.97 Å². The molecule has 4 heteroatoms. The van der Waals surface area contributed by atoms with Gasteiger partial charge in [-0.3, -0.25) is 0 Å². The lowest BCUT2D eigenvalue weighted by Crippen LogP contribution is -1.92. The normalized spacial score (nSPS) is 9.12. The van der Waals surface area contributed by atoms with Gasteiger partial charge in [-0.05, 0) is 6.07 Å². The molecule has 42 valence electrons. The maximum absolute atomic E-state index is 5.30. The van der Waals surface area contributed by atoms with E-state index in [1.807, 2.05) is 22.6 Å². The average Bonchev–Trinajstić information content (AvgIpc) is 1.64. The molecule has 0 amide bonds. The highest BCUT2D eigenvalue weighted by Crippen LogP contribution is 1.97. The van der Waals surface area contributed by atoms with Crippen LogP contribution in [0, 0.1) is 3.83 Å². The molecule has 2 N–H and O–H groups in total. The molecule has 0 radical (unpaired) electrons. The van der Waals surface area contributed by atoms with Crippen LogP contribution in [0.1, 0.15) is 0 Å². The van der Waals surface area contributed by atoms with Crippen LogP contribution in [0.25, 0.3) is 0 Å². The van der Waals surface area contributed by atoms with Crippen molar-refractivity contribution in [2.24, 2.45) is 0 Å². The van der Waals surface area contributed by atoms with Crippen molar-refractivity contribution < 1.29 is 0 Å². The van der Waals surface area contributed by atoms with Crippen molar-refractivity contribution in [1.29, 1.82) is 0 Å². The Hall–Kier alpha value is -0.390. The Morgan fingerprint density at radius 2 is 2.38 bits per heavy atom. The van der Waals surface area contributed by atoms with Crippen LogP contribution in [0.4, 0.5) is 5.82 Å². The standard InChI is InChI=1S/C4H4IN3/c5-4-7-2-1-3(6)8-4/h1-2H,(H2,6,7,8). The van der Waals surface area contributed by atoms with Crippen LogP contribution in [0.3, 0.4) is 0 Å². The fourth-order valence-corrected chi connectivity index (χ4v) is 0.787. The third-order valence-electron chi connectivity index (χ3n) is 0.648. The first-order valence-corrected chi connectivity index (χ1v) is 3.11. The van der Waals surface area contributed by atoms with E-state index in [4.69, 9.17) is 5.73 Å². The second kappa shape index (κ2) is 2.25. The molecule has 1 rings (SSSR count).